The van der Waals surface area contributed by atoms with E-state index in [2.05, 4.69) is 38.5 Å². The van der Waals surface area contributed by atoms with Crippen molar-refractivity contribution in [3.63, 3.8) is 0 Å². The monoisotopic (exact) mass is 408 g/mol. The topological polar surface area (TPSA) is 91.0 Å². The fourth-order valence-corrected chi connectivity index (χ4v) is 3.93. The SMILES string of the molecule is COc1ccc(-c2nc3ccc(-c4nc5ccc(C6=NCCN6)cc5[nH]4)cc3[nH]2)cc1. The summed E-state index contributed by atoms with van der Waals surface area (Å²) in [5.74, 6) is 3.43. The number of methoxy groups -OCH3 is 1. The Morgan fingerprint density at radius 2 is 1.35 bits per heavy atom. The Morgan fingerprint density at radius 1 is 0.742 bits per heavy atom. The third-order valence-corrected chi connectivity index (χ3v) is 5.55. The molecule has 0 bridgehead atoms. The number of hydrogen-bond donors (Lipinski definition) is 3. The fraction of sp³-hybridized carbons (Fsp3) is 0.125. The summed E-state index contributed by atoms with van der Waals surface area (Å²) in [6.45, 7) is 1.72. The van der Waals surface area contributed by atoms with Gasteiger partial charge in [-0.1, -0.05) is 0 Å². The molecule has 1 aliphatic rings. The minimum absolute atomic E-state index is 0.824. The van der Waals surface area contributed by atoms with Gasteiger partial charge in [-0.05, 0) is 60.7 Å². The summed E-state index contributed by atoms with van der Waals surface area (Å²) < 4.78 is 5.24. The lowest BCUT2D eigenvalue weighted by atomic mass is 10.2. The van der Waals surface area contributed by atoms with Gasteiger partial charge in [0, 0.05) is 23.2 Å². The summed E-state index contributed by atoms with van der Waals surface area (Å²) in [4.78, 5) is 20.9. The van der Waals surface area contributed by atoms with Gasteiger partial charge in [-0.2, -0.15) is 0 Å². The van der Waals surface area contributed by atoms with Crippen LogP contribution in [0, 0.1) is 0 Å². The fourth-order valence-electron chi connectivity index (χ4n) is 3.93. The van der Waals surface area contributed by atoms with Crippen molar-refractivity contribution < 1.29 is 4.74 Å². The third-order valence-electron chi connectivity index (χ3n) is 5.55. The van der Waals surface area contributed by atoms with E-state index >= 15 is 0 Å². The second-order valence-electron chi connectivity index (χ2n) is 7.52. The van der Waals surface area contributed by atoms with Gasteiger partial charge in [-0.3, -0.25) is 4.99 Å². The van der Waals surface area contributed by atoms with Crippen LogP contribution in [0.1, 0.15) is 5.56 Å². The predicted octanol–water partition coefficient (Wildman–Crippen LogP) is 4.13. The summed E-state index contributed by atoms with van der Waals surface area (Å²) in [7, 11) is 1.66. The number of aliphatic imine (C=N–C) groups is 1. The highest BCUT2D eigenvalue weighted by molar-refractivity contribution is 6.02. The van der Waals surface area contributed by atoms with E-state index in [1.807, 2.05) is 42.5 Å². The lowest BCUT2D eigenvalue weighted by Gasteiger charge is -2.01. The Morgan fingerprint density at radius 3 is 2.00 bits per heavy atom. The van der Waals surface area contributed by atoms with Gasteiger partial charge in [0.1, 0.15) is 23.2 Å². The summed E-state index contributed by atoms with van der Waals surface area (Å²) in [5, 5.41) is 3.32. The van der Waals surface area contributed by atoms with Gasteiger partial charge in [-0.25, -0.2) is 9.97 Å². The first-order chi connectivity index (χ1) is 15.3. The van der Waals surface area contributed by atoms with Crippen molar-refractivity contribution in [1.82, 2.24) is 25.3 Å². The zero-order valence-corrected chi connectivity index (χ0v) is 16.9. The van der Waals surface area contributed by atoms with E-state index < -0.39 is 0 Å². The highest BCUT2D eigenvalue weighted by Crippen LogP contribution is 2.27. The first-order valence-electron chi connectivity index (χ1n) is 10.2. The maximum absolute atomic E-state index is 5.24. The average Bonchev–Trinajstić information content (AvgIpc) is 3.57. The van der Waals surface area contributed by atoms with Crippen LogP contribution in [0.25, 0.3) is 44.8 Å². The van der Waals surface area contributed by atoms with Crippen LogP contribution in [0.2, 0.25) is 0 Å². The Balaban J connectivity index is 1.36. The summed E-state index contributed by atoms with van der Waals surface area (Å²) >= 11 is 0. The highest BCUT2D eigenvalue weighted by atomic mass is 16.5. The molecule has 3 heterocycles. The van der Waals surface area contributed by atoms with E-state index in [1.54, 1.807) is 7.11 Å². The quantitative estimate of drug-likeness (QED) is 0.417. The Bertz CT molecular complexity index is 1440. The number of aromatic nitrogens is 4. The molecule has 0 amide bonds. The number of imidazole rings is 2. The number of amidine groups is 1. The molecule has 7 nitrogen and oxygen atoms in total. The average molecular weight is 408 g/mol. The van der Waals surface area contributed by atoms with E-state index in [-0.39, 0.29) is 0 Å². The predicted molar refractivity (Wildman–Crippen MR) is 123 cm³/mol. The van der Waals surface area contributed by atoms with Gasteiger partial charge < -0.3 is 20.0 Å². The number of fused-ring (bicyclic) bond motifs is 2. The number of aromatic amines is 2. The minimum Gasteiger partial charge on any atom is -0.497 e. The van der Waals surface area contributed by atoms with E-state index in [4.69, 9.17) is 14.7 Å². The van der Waals surface area contributed by atoms with Crippen LogP contribution in [0.15, 0.2) is 65.7 Å². The second-order valence-corrected chi connectivity index (χ2v) is 7.52. The summed E-state index contributed by atoms with van der Waals surface area (Å²) in [5.41, 5.74) is 6.90. The largest absolute Gasteiger partial charge is 0.497 e. The number of benzene rings is 3. The Hall–Kier alpha value is -4.13. The molecule has 0 radical (unpaired) electrons. The van der Waals surface area contributed by atoms with Crippen molar-refractivity contribution in [1.29, 1.82) is 0 Å². The van der Waals surface area contributed by atoms with Crippen LogP contribution >= 0.6 is 0 Å². The van der Waals surface area contributed by atoms with E-state index in [0.29, 0.717) is 0 Å². The van der Waals surface area contributed by atoms with E-state index in [9.17, 15) is 0 Å². The van der Waals surface area contributed by atoms with Crippen LogP contribution in [0.4, 0.5) is 0 Å². The lowest BCUT2D eigenvalue weighted by Crippen LogP contribution is -2.19. The molecule has 3 aromatic carbocycles. The summed E-state index contributed by atoms with van der Waals surface area (Å²) in [6.07, 6.45) is 0. The van der Waals surface area contributed by atoms with Gasteiger partial charge in [0.25, 0.3) is 0 Å². The van der Waals surface area contributed by atoms with Crippen molar-refractivity contribution >= 4 is 27.9 Å². The second kappa shape index (κ2) is 6.98. The van der Waals surface area contributed by atoms with Crippen molar-refractivity contribution in [3.05, 3.63) is 66.2 Å². The molecule has 1 aliphatic heterocycles. The zero-order chi connectivity index (χ0) is 20.8. The maximum atomic E-state index is 5.24. The summed E-state index contributed by atoms with van der Waals surface area (Å²) in [6, 6.07) is 20.2. The van der Waals surface area contributed by atoms with Crippen LogP contribution < -0.4 is 10.1 Å². The van der Waals surface area contributed by atoms with Gasteiger partial charge in [0.15, 0.2) is 0 Å². The molecule has 0 aliphatic carbocycles. The zero-order valence-electron chi connectivity index (χ0n) is 16.9. The van der Waals surface area contributed by atoms with Crippen molar-refractivity contribution in [2.45, 2.75) is 0 Å². The first kappa shape index (κ1) is 17.7. The number of nitrogens with zero attached hydrogens (tertiary/aromatic N) is 3. The van der Waals surface area contributed by atoms with Crippen molar-refractivity contribution in [3.8, 4) is 28.5 Å². The number of rotatable bonds is 4. The van der Waals surface area contributed by atoms with Crippen molar-refractivity contribution in [2.75, 3.05) is 20.2 Å². The standard InChI is InChI=1S/C24H20N6O/c1-31-17-6-2-14(3-7-17)23-27-18-9-5-16(13-21(18)29-23)24-28-19-8-4-15(12-20(19)30-24)22-25-10-11-26-22/h2-9,12-13H,10-11H2,1H3,(H,25,26)(H,27,29)(H,28,30). The van der Waals surface area contributed by atoms with E-state index in [1.165, 1.54) is 0 Å². The lowest BCUT2D eigenvalue weighted by molar-refractivity contribution is 0.415. The Kier molecular flexibility index (Phi) is 3.99. The molecule has 31 heavy (non-hydrogen) atoms. The molecule has 3 N–H and O–H groups in total. The molecular weight excluding hydrogens is 388 g/mol. The van der Waals surface area contributed by atoms with Gasteiger partial charge in [-0.15, -0.1) is 0 Å². The number of ether oxygens (including phenoxy) is 1. The maximum Gasteiger partial charge on any atom is 0.138 e. The molecule has 0 unspecified atom stereocenters. The molecule has 0 saturated heterocycles. The molecule has 5 aromatic rings. The Labute approximate surface area is 178 Å². The first-order valence-corrected chi connectivity index (χ1v) is 10.2. The van der Waals surface area contributed by atoms with Crippen LogP contribution in [0.5, 0.6) is 5.75 Å². The molecule has 0 atom stereocenters. The van der Waals surface area contributed by atoms with Crippen LogP contribution in [-0.4, -0.2) is 46.0 Å². The molecule has 152 valence electrons. The number of H-pyrrole nitrogens is 2. The smallest absolute Gasteiger partial charge is 0.138 e. The molecular formula is C24H20N6O. The van der Waals surface area contributed by atoms with E-state index in [0.717, 1.165) is 75.1 Å². The highest BCUT2D eigenvalue weighted by Gasteiger charge is 2.12. The molecule has 2 aromatic heterocycles. The number of nitrogens with one attached hydrogen (secondary N) is 3. The minimum atomic E-state index is 0.824. The molecule has 0 fully saturated rings. The molecule has 7 heteroatoms. The normalized spacial score (nSPS) is 13.5. The van der Waals surface area contributed by atoms with Crippen LogP contribution in [-0.2, 0) is 0 Å². The molecule has 0 saturated carbocycles. The van der Waals surface area contributed by atoms with Crippen LogP contribution in [0.3, 0.4) is 0 Å². The molecule has 6 rings (SSSR count). The number of hydrogen-bond acceptors (Lipinski definition) is 5. The van der Waals surface area contributed by atoms with Gasteiger partial charge >= 0.3 is 0 Å². The van der Waals surface area contributed by atoms with Crippen molar-refractivity contribution in [2.24, 2.45) is 4.99 Å². The third kappa shape index (κ3) is 3.11. The van der Waals surface area contributed by atoms with Gasteiger partial charge in [0.2, 0.25) is 0 Å². The van der Waals surface area contributed by atoms with Gasteiger partial charge in [0.05, 0.1) is 35.7 Å². The molecule has 0 spiro atoms.